The van der Waals surface area contributed by atoms with Crippen LogP contribution in [-0.2, 0) is 4.74 Å². The number of rotatable bonds is 3. The van der Waals surface area contributed by atoms with Crippen LogP contribution in [0.15, 0.2) is 30.5 Å². The Morgan fingerprint density at radius 3 is 2.68 bits per heavy atom. The Balaban J connectivity index is 1.87. The van der Waals surface area contributed by atoms with Crippen molar-refractivity contribution in [3.05, 3.63) is 30.5 Å². The van der Waals surface area contributed by atoms with Gasteiger partial charge in [-0.2, -0.15) is 0 Å². The average molecular weight is 258 g/mol. The highest BCUT2D eigenvalue weighted by molar-refractivity contribution is 5.75. The first-order valence-corrected chi connectivity index (χ1v) is 6.59. The zero-order chi connectivity index (χ0) is 13.1. The molecule has 0 bridgehead atoms. The molecule has 2 heterocycles. The van der Waals surface area contributed by atoms with Gasteiger partial charge in [0.15, 0.2) is 0 Å². The molecule has 1 aromatic carbocycles. The molecular weight excluding hydrogens is 240 g/mol. The zero-order valence-electron chi connectivity index (χ0n) is 10.8. The van der Waals surface area contributed by atoms with Crippen molar-refractivity contribution in [1.82, 2.24) is 9.97 Å². The van der Waals surface area contributed by atoms with Crippen molar-refractivity contribution in [3.63, 3.8) is 0 Å². The monoisotopic (exact) mass is 258 g/mol. The molecule has 0 unspecified atom stereocenters. The van der Waals surface area contributed by atoms with E-state index in [0.29, 0.717) is 6.54 Å². The summed E-state index contributed by atoms with van der Waals surface area (Å²) in [5, 5.41) is 3.46. The predicted molar refractivity (Wildman–Crippen MR) is 75.0 cm³/mol. The predicted octanol–water partition coefficient (Wildman–Crippen LogP) is 1.55. The molecule has 19 heavy (non-hydrogen) atoms. The molecule has 3 rings (SSSR count). The summed E-state index contributed by atoms with van der Waals surface area (Å²) in [4.78, 5) is 9.01. The van der Waals surface area contributed by atoms with Crippen LogP contribution < -0.4 is 11.1 Å². The second-order valence-electron chi connectivity index (χ2n) is 4.97. The first kappa shape index (κ1) is 12.3. The Morgan fingerprint density at radius 1 is 1.21 bits per heavy atom. The quantitative estimate of drug-likeness (QED) is 0.874. The summed E-state index contributed by atoms with van der Waals surface area (Å²) >= 11 is 0. The van der Waals surface area contributed by atoms with E-state index in [4.69, 9.17) is 10.5 Å². The molecule has 2 aromatic rings. The van der Waals surface area contributed by atoms with Crippen molar-refractivity contribution in [2.24, 2.45) is 5.73 Å². The molecule has 1 fully saturated rings. The van der Waals surface area contributed by atoms with Gasteiger partial charge in [-0.25, -0.2) is 4.98 Å². The number of nitrogens with two attached hydrogens (primary N) is 1. The Hall–Kier alpha value is -1.72. The molecule has 0 aliphatic carbocycles. The molecule has 1 aromatic heterocycles. The highest BCUT2D eigenvalue weighted by atomic mass is 16.5. The molecule has 0 spiro atoms. The number of nitrogens with one attached hydrogen (secondary N) is 1. The van der Waals surface area contributed by atoms with Crippen molar-refractivity contribution < 1.29 is 4.74 Å². The van der Waals surface area contributed by atoms with E-state index in [2.05, 4.69) is 15.3 Å². The number of benzene rings is 1. The molecule has 1 aliphatic heterocycles. The van der Waals surface area contributed by atoms with Gasteiger partial charge in [0, 0.05) is 19.8 Å². The van der Waals surface area contributed by atoms with Crippen molar-refractivity contribution in [2.75, 3.05) is 25.1 Å². The molecule has 0 saturated carbocycles. The van der Waals surface area contributed by atoms with Crippen molar-refractivity contribution in [2.45, 2.75) is 18.4 Å². The van der Waals surface area contributed by atoms with Crippen LogP contribution in [0.4, 0.5) is 5.82 Å². The summed E-state index contributed by atoms with van der Waals surface area (Å²) in [6, 6.07) is 7.85. The minimum atomic E-state index is -0.116. The molecule has 1 saturated heterocycles. The van der Waals surface area contributed by atoms with E-state index in [0.717, 1.165) is 42.9 Å². The summed E-state index contributed by atoms with van der Waals surface area (Å²) in [5.41, 5.74) is 7.62. The summed E-state index contributed by atoms with van der Waals surface area (Å²) in [6.45, 7) is 2.06. The fraction of sp³-hybridized carbons (Fsp3) is 0.429. The third-order valence-electron chi connectivity index (χ3n) is 3.68. The standard InChI is InChI=1S/C14H18N4O/c15-10-14(5-7-19-8-6-14)18-13-9-16-11-3-1-2-4-12(11)17-13/h1-4,9H,5-8,10,15H2,(H,17,18). The lowest BCUT2D eigenvalue weighted by Crippen LogP contribution is -2.49. The van der Waals surface area contributed by atoms with Crippen molar-refractivity contribution in [3.8, 4) is 0 Å². The van der Waals surface area contributed by atoms with E-state index in [1.165, 1.54) is 0 Å². The van der Waals surface area contributed by atoms with Gasteiger partial charge in [-0.1, -0.05) is 12.1 Å². The van der Waals surface area contributed by atoms with Gasteiger partial charge in [0.05, 0.1) is 22.8 Å². The van der Waals surface area contributed by atoms with Crippen LogP contribution in [-0.4, -0.2) is 35.3 Å². The second-order valence-corrected chi connectivity index (χ2v) is 4.97. The Morgan fingerprint density at radius 2 is 1.95 bits per heavy atom. The lowest BCUT2D eigenvalue weighted by molar-refractivity contribution is 0.0627. The number of nitrogens with zero attached hydrogens (tertiary/aromatic N) is 2. The SMILES string of the molecule is NCC1(Nc2cnc3ccccc3n2)CCOCC1. The van der Waals surface area contributed by atoms with Gasteiger partial charge < -0.3 is 15.8 Å². The number of anilines is 1. The minimum absolute atomic E-state index is 0.116. The third-order valence-corrected chi connectivity index (χ3v) is 3.68. The van der Waals surface area contributed by atoms with Gasteiger partial charge in [0.25, 0.3) is 0 Å². The maximum absolute atomic E-state index is 5.93. The Bertz CT molecular complexity index is 566. The van der Waals surface area contributed by atoms with Crippen LogP contribution in [0.2, 0.25) is 0 Å². The summed E-state index contributed by atoms with van der Waals surface area (Å²) in [5.74, 6) is 0.783. The number of hydrogen-bond donors (Lipinski definition) is 2. The van der Waals surface area contributed by atoms with E-state index in [-0.39, 0.29) is 5.54 Å². The highest BCUT2D eigenvalue weighted by Gasteiger charge is 2.31. The van der Waals surface area contributed by atoms with E-state index in [1.807, 2.05) is 24.3 Å². The van der Waals surface area contributed by atoms with Crippen LogP contribution >= 0.6 is 0 Å². The molecule has 3 N–H and O–H groups in total. The smallest absolute Gasteiger partial charge is 0.145 e. The average Bonchev–Trinajstić information content (AvgIpc) is 2.48. The molecule has 0 radical (unpaired) electrons. The van der Waals surface area contributed by atoms with E-state index in [1.54, 1.807) is 6.20 Å². The van der Waals surface area contributed by atoms with Gasteiger partial charge in [-0.3, -0.25) is 4.98 Å². The van der Waals surface area contributed by atoms with E-state index in [9.17, 15) is 0 Å². The maximum Gasteiger partial charge on any atom is 0.145 e. The normalized spacial score (nSPS) is 18.4. The number of aromatic nitrogens is 2. The Kier molecular flexibility index (Phi) is 3.31. The van der Waals surface area contributed by atoms with Crippen molar-refractivity contribution in [1.29, 1.82) is 0 Å². The van der Waals surface area contributed by atoms with Gasteiger partial charge in [-0.05, 0) is 25.0 Å². The summed E-state index contributed by atoms with van der Waals surface area (Å²) < 4.78 is 5.40. The molecule has 100 valence electrons. The van der Waals surface area contributed by atoms with E-state index >= 15 is 0 Å². The van der Waals surface area contributed by atoms with Crippen LogP contribution in [0, 0.1) is 0 Å². The fourth-order valence-corrected chi connectivity index (χ4v) is 2.43. The van der Waals surface area contributed by atoms with Gasteiger partial charge in [-0.15, -0.1) is 0 Å². The largest absolute Gasteiger partial charge is 0.381 e. The van der Waals surface area contributed by atoms with E-state index < -0.39 is 0 Å². The lowest BCUT2D eigenvalue weighted by Gasteiger charge is -2.37. The zero-order valence-corrected chi connectivity index (χ0v) is 10.8. The lowest BCUT2D eigenvalue weighted by atomic mass is 9.90. The van der Waals surface area contributed by atoms with Gasteiger partial charge in [0.1, 0.15) is 5.82 Å². The van der Waals surface area contributed by atoms with Crippen LogP contribution in [0.3, 0.4) is 0 Å². The van der Waals surface area contributed by atoms with Gasteiger partial charge >= 0.3 is 0 Å². The molecule has 5 nitrogen and oxygen atoms in total. The molecule has 0 atom stereocenters. The summed E-state index contributed by atoms with van der Waals surface area (Å²) in [7, 11) is 0. The topological polar surface area (TPSA) is 73.1 Å². The molecular formula is C14H18N4O. The number of hydrogen-bond acceptors (Lipinski definition) is 5. The maximum atomic E-state index is 5.93. The highest BCUT2D eigenvalue weighted by Crippen LogP contribution is 2.24. The van der Waals surface area contributed by atoms with Crippen LogP contribution in [0.25, 0.3) is 11.0 Å². The van der Waals surface area contributed by atoms with Crippen LogP contribution in [0.1, 0.15) is 12.8 Å². The fourth-order valence-electron chi connectivity index (χ4n) is 2.43. The number of fused-ring (bicyclic) bond motifs is 1. The first-order chi connectivity index (χ1) is 9.31. The number of para-hydroxylation sites is 2. The van der Waals surface area contributed by atoms with Crippen molar-refractivity contribution >= 4 is 16.9 Å². The molecule has 1 aliphatic rings. The number of ether oxygens (including phenoxy) is 1. The minimum Gasteiger partial charge on any atom is -0.381 e. The molecule has 0 amide bonds. The second kappa shape index (κ2) is 5.11. The molecule has 5 heteroatoms. The van der Waals surface area contributed by atoms with Gasteiger partial charge in [0.2, 0.25) is 0 Å². The van der Waals surface area contributed by atoms with Crippen LogP contribution in [0.5, 0.6) is 0 Å². The Labute approximate surface area is 112 Å². The third kappa shape index (κ3) is 2.52. The summed E-state index contributed by atoms with van der Waals surface area (Å²) in [6.07, 6.45) is 3.57. The first-order valence-electron chi connectivity index (χ1n) is 6.59.